The van der Waals surface area contributed by atoms with Crippen LogP contribution in [0.1, 0.15) is 25.8 Å². The van der Waals surface area contributed by atoms with Gasteiger partial charge in [0.15, 0.2) is 17.3 Å². The van der Waals surface area contributed by atoms with E-state index in [-0.39, 0.29) is 18.1 Å². The Morgan fingerprint density at radius 1 is 1.50 bits per heavy atom. The van der Waals surface area contributed by atoms with Crippen molar-refractivity contribution in [1.82, 2.24) is 5.43 Å². The number of hydrogen-bond acceptors (Lipinski definition) is 6. The number of nitrogens with zero attached hydrogens (tertiary/aromatic N) is 1. The van der Waals surface area contributed by atoms with Gasteiger partial charge in [-0.2, -0.15) is 5.10 Å². The van der Waals surface area contributed by atoms with Crippen LogP contribution in [0.25, 0.3) is 0 Å². The number of hydrogen-bond donors (Lipinski definition) is 2. The number of carbonyl (C=O) groups is 1. The van der Waals surface area contributed by atoms with Gasteiger partial charge in [-0.1, -0.05) is 0 Å². The van der Waals surface area contributed by atoms with E-state index in [0.29, 0.717) is 31.1 Å². The first-order chi connectivity index (χ1) is 10.5. The minimum atomic E-state index is -0.875. The zero-order chi connectivity index (χ0) is 16.0. The Morgan fingerprint density at radius 2 is 2.23 bits per heavy atom. The van der Waals surface area contributed by atoms with Gasteiger partial charge in [-0.25, -0.2) is 5.43 Å². The van der Waals surface area contributed by atoms with Gasteiger partial charge < -0.3 is 19.3 Å². The van der Waals surface area contributed by atoms with E-state index in [1.54, 1.807) is 19.1 Å². The molecule has 0 aliphatic carbocycles. The molecular weight excluding hydrogens is 288 g/mol. The Labute approximate surface area is 128 Å². The van der Waals surface area contributed by atoms with Gasteiger partial charge in [-0.05, 0) is 37.6 Å². The Kier molecular flexibility index (Phi) is 5.35. The number of phenols is 1. The number of nitrogens with one attached hydrogen (secondary N) is 1. The van der Waals surface area contributed by atoms with Crippen molar-refractivity contribution in [2.45, 2.75) is 26.1 Å². The molecule has 1 aromatic carbocycles. The van der Waals surface area contributed by atoms with Crippen LogP contribution < -0.4 is 10.2 Å². The van der Waals surface area contributed by atoms with Gasteiger partial charge in [0.25, 0.3) is 0 Å². The van der Waals surface area contributed by atoms with Gasteiger partial charge in [-0.3, -0.25) is 4.79 Å². The largest absolute Gasteiger partial charge is 0.504 e. The summed E-state index contributed by atoms with van der Waals surface area (Å²) in [6.07, 6.45) is 1.54. The van der Waals surface area contributed by atoms with Crippen molar-refractivity contribution in [3.63, 3.8) is 0 Å². The molecule has 1 saturated heterocycles. The number of hydrazone groups is 1. The highest BCUT2D eigenvalue weighted by Crippen LogP contribution is 2.26. The second-order valence-electron chi connectivity index (χ2n) is 4.96. The normalized spacial score (nSPS) is 16.8. The monoisotopic (exact) mass is 308 g/mol. The lowest BCUT2D eigenvalue weighted by atomic mass is 10.2. The molecule has 0 unspecified atom stereocenters. The lowest BCUT2D eigenvalue weighted by Gasteiger charge is -2.20. The van der Waals surface area contributed by atoms with Crippen molar-refractivity contribution in [2.75, 3.05) is 19.8 Å². The summed E-state index contributed by atoms with van der Waals surface area (Å²) in [5.41, 5.74) is 3.11. The number of ether oxygens (including phenoxy) is 3. The van der Waals surface area contributed by atoms with E-state index in [2.05, 4.69) is 10.5 Å². The van der Waals surface area contributed by atoms with Crippen molar-refractivity contribution in [3.8, 4) is 11.5 Å². The highest BCUT2D eigenvalue weighted by Gasteiger charge is 2.33. The second-order valence-corrected chi connectivity index (χ2v) is 4.96. The summed E-state index contributed by atoms with van der Waals surface area (Å²) in [7, 11) is 0. The van der Waals surface area contributed by atoms with Crippen LogP contribution >= 0.6 is 0 Å². The highest BCUT2D eigenvalue weighted by atomic mass is 16.7. The van der Waals surface area contributed by atoms with Crippen molar-refractivity contribution >= 4 is 12.1 Å². The second kappa shape index (κ2) is 7.24. The third kappa shape index (κ3) is 4.44. The summed E-state index contributed by atoms with van der Waals surface area (Å²) in [4.78, 5) is 11.8. The van der Waals surface area contributed by atoms with Crippen molar-refractivity contribution in [1.29, 1.82) is 0 Å². The van der Waals surface area contributed by atoms with Crippen LogP contribution in [0.4, 0.5) is 0 Å². The number of amides is 1. The van der Waals surface area contributed by atoms with Gasteiger partial charge in [0.2, 0.25) is 5.91 Å². The molecule has 0 atom stereocenters. The number of aromatic hydroxyl groups is 1. The van der Waals surface area contributed by atoms with Crippen molar-refractivity contribution < 1.29 is 24.1 Å². The molecule has 1 aliphatic heterocycles. The zero-order valence-corrected chi connectivity index (χ0v) is 12.7. The number of rotatable bonds is 6. The van der Waals surface area contributed by atoms with Gasteiger partial charge in [0.05, 0.1) is 32.5 Å². The molecule has 0 bridgehead atoms. The van der Waals surface area contributed by atoms with E-state index in [1.165, 1.54) is 12.3 Å². The van der Waals surface area contributed by atoms with Crippen LogP contribution in [0.2, 0.25) is 0 Å². The van der Waals surface area contributed by atoms with E-state index in [4.69, 9.17) is 14.2 Å². The average Bonchev–Trinajstić information content (AvgIpc) is 2.89. The van der Waals surface area contributed by atoms with Crippen LogP contribution in [0, 0.1) is 0 Å². The highest BCUT2D eigenvalue weighted by molar-refractivity contribution is 5.83. The minimum Gasteiger partial charge on any atom is -0.504 e. The predicted molar refractivity (Wildman–Crippen MR) is 79.9 cm³/mol. The molecule has 7 heteroatoms. The summed E-state index contributed by atoms with van der Waals surface area (Å²) in [6, 6.07) is 4.81. The van der Waals surface area contributed by atoms with Crippen molar-refractivity contribution in [3.05, 3.63) is 23.8 Å². The molecule has 2 N–H and O–H groups in total. The zero-order valence-electron chi connectivity index (χ0n) is 12.7. The van der Waals surface area contributed by atoms with E-state index >= 15 is 0 Å². The van der Waals surface area contributed by atoms with Gasteiger partial charge in [0, 0.05) is 0 Å². The quantitative estimate of drug-likeness (QED) is 0.612. The molecule has 0 radical (unpaired) electrons. The van der Waals surface area contributed by atoms with Crippen LogP contribution in [0.15, 0.2) is 23.3 Å². The molecule has 1 fully saturated rings. The molecule has 120 valence electrons. The topological polar surface area (TPSA) is 89.4 Å². The van der Waals surface area contributed by atoms with Gasteiger partial charge in [0.1, 0.15) is 0 Å². The Hall–Kier alpha value is -2.12. The summed E-state index contributed by atoms with van der Waals surface area (Å²) >= 11 is 0. The maximum atomic E-state index is 11.8. The van der Waals surface area contributed by atoms with Crippen molar-refractivity contribution in [2.24, 2.45) is 5.10 Å². The van der Waals surface area contributed by atoms with Crippen LogP contribution in [0.3, 0.4) is 0 Å². The molecule has 1 amide bonds. The number of phenolic OH excluding ortho intramolecular Hbond substituents is 1. The lowest BCUT2D eigenvalue weighted by molar-refractivity contribution is -0.159. The fourth-order valence-electron chi connectivity index (χ4n) is 2.05. The average molecular weight is 308 g/mol. The summed E-state index contributed by atoms with van der Waals surface area (Å²) in [5.74, 6) is -0.741. The van der Waals surface area contributed by atoms with Crippen LogP contribution in [-0.4, -0.2) is 42.8 Å². The molecule has 7 nitrogen and oxygen atoms in total. The van der Waals surface area contributed by atoms with Crippen LogP contribution in [0.5, 0.6) is 11.5 Å². The SMILES string of the molecule is CCOc1cc(C=NNC(=O)CC2(C)OCCO2)ccc1O. The molecule has 1 heterocycles. The smallest absolute Gasteiger partial charge is 0.245 e. The minimum absolute atomic E-state index is 0.0616. The summed E-state index contributed by atoms with van der Waals surface area (Å²) in [6.45, 7) is 4.97. The molecule has 0 aromatic heterocycles. The molecule has 0 spiro atoms. The van der Waals surface area contributed by atoms with E-state index in [9.17, 15) is 9.90 Å². The Balaban J connectivity index is 1.89. The summed E-state index contributed by atoms with van der Waals surface area (Å²) in [5, 5.41) is 13.5. The Morgan fingerprint density at radius 3 is 2.91 bits per heavy atom. The van der Waals surface area contributed by atoms with E-state index < -0.39 is 5.79 Å². The van der Waals surface area contributed by atoms with Gasteiger partial charge >= 0.3 is 0 Å². The van der Waals surface area contributed by atoms with Gasteiger partial charge in [-0.15, -0.1) is 0 Å². The first kappa shape index (κ1) is 16.3. The molecule has 0 saturated carbocycles. The fourth-order valence-corrected chi connectivity index (χ4v) is 2.05. The molecule has 22 heavy (non-hydrogen) atoms. The van der Waals surface area contributed by atoms with E-state index in [0.717, 1.165) is 0 Å². The molecule has 1 aliphatic rings. The fraction of sp³-hybridized carbons (Fsp3) is 0.467. The maximum Gasteiger partial charge on any atom is 0.245 e. The number of benzene rings is 1. The maximum absolute atomic E-state index is 11.8. The standard InChI is InChI=1S/C15H20N2O5/c1-3-20-13-8-11(4-5-12(13)18)10-16-17-14(19)9-15(2)21-6-7-22-15/h4-5,8,10,18H,3,6-7,9H2,1-2H3,(H,17,19). The van der Waals surface area contributed by atoms with E-state index in [1.807, 2.05) is 6.92 Å². The predicted octanol–water partition coefficient (Wildman–Crippen LogP) is 1.39. The first-order valence-electron chi connectivity index (χ1n) is 7.08. The number of carbonyl (C=O) groups excluding carboxylic acids is 1. The molecule has 1 aromatic rings. The third-order valence-electron chi connectivity index (χ3n) is 3.07. The Bertz CT molecular complexity index is 553. The summed E-state index contributed by atoms with van der Waals surface area (Å²) < 4.78 is 16.0. The first-order valence-corrected chi connectivity index (χ1v) is 7.08. The molecule has 2 rings (SSSR count). The van der Waals surface area contributed by atoms with Crippen LogP contribution in [-0.2, 0) is 14.3 Å². The lowest BCUT2D eigenvalue weighted by Crippen LogP contribution is -2.33. The molecular formula is C15H20N2O5. The third-order valence-corrected chi connectivity index (χ3v) is 3.07.